The number of rotatable bonds is 9. The number of amides is 1. The normalized spacial score (nSPS) is 13.1. The first-order valence-corrected chi connectivity index (χ1v) is 6.95. The number of carbonyl (C=O) groups excluding carboxylic acids is 1. The highest BCUT2D eigenvalue weighted by atomic mass is 16.6. The molecule has 0 aliphatic rings. The minimum Gasteiger partial charge on any atom is -0.481 e. The van der Waals surface area contributed by atoms with Gasteiger partial charge in [0.25, 0.3) is 0 Å². The summed E-state index contributed by atoms with van der Waals surface area (Å²) < 4.78 is 10.6. The van der Waals surface area contributed by atoms with Crippen molar-refractivity contribution in [2.24, 2.45) is 5.92 Å². The maximum atomic E-state index is 11.6. The van der Waals surface area contributed by atoms with Gasteiger partial charge in [-0.05, 0) is 40.5 Å². The van der Waals surface area contributed by atoms with E-state index in [1.807, 2.05) is 13.8 Å². The Hall–Kier alpha value is -1.30. The number of hydrogen-bond acceptors (Lipinski definition) is 4. The fraction of sp³-hybridized carbons (Fsp3) is 0.857. The van der Waals surface area contributed by atoms with Crippen LogP contribution in [0.5, 0.6) is 0 Å². The molecule has 0 heterocycles. The summed E-state index contributed by atoms with van der Waals surface area (Å²) in [6, 6.07) is 0. The molecule has 1 unspecified atom stereocenters. The van der Waals surface area contributed by atoms with Crippen LogP contribution < -0.4 is 5.32 Å². The summed E-state index contributed by atoms with van der Waals surface area (Å²) in [7, 11) is 0. The number of carbonyl (C=O) groups is 2. The zero-order chi connectivity index (χ0) is 15.8. The summed E-state index contributed by atoms with van der Waals surface area (Å²) in [5, 5.41) is 11.4. The highest BCUT2D eigenvalue weighted by molar-refractivity contribution is 5.69. The Labute approximate surface area is 120 Å². The van der Waals surface area contributed by atoms with E-state index in [0.29, 0.717) is 26.0 Å². The van der Waals surface area contributed by atoms with Gasteiger partial charge in [0.2, 0.25) is 0 Å². The Morgan fingerprint density at radius 2 is 1.85 bits per heavy atom. The molecule has 0 aromatic heterocycles. The first kappa shape index (κ1) is 18.7. The van der Waals surface area contributed by atoms with Gasteiger partial charge in [-0.3, -0.25) is 4.79 Å². The number of aliphatic carboxylic acids is 1. The zero-order valence-electron chi connectivity index (χ0n) is 13.1. The summed E-state index contributed by atoms with van der Waals surface area (Å²) in [5.74, 6) is -1.28. The van der Waals surface area contributed by atoms with E-state index in [0.717, 1.165) is 0 Å². The Morgan fingerprint density at radius 3 is 2.35 bits per heavy atom. The van der Waals surface area contributed by atoms with Crippen LogP contribution in [0.2, 0.25) is 0 Å². The van der Waals surface area contributed by atoms with Crippen LogP contribution in [0, 0.1) is 5.92 Å². The average molecular weight is 289 g/mol. The third-order valence-corrected chi connectivity index (χ3v) is 2.79. The highest BCUT2D eigenvalue weighted by Gasteiger charge is 2.25. The molecule has 0 saturated heterocycles. The molecule has 20 heavy (non-hydrogen) atoms. The van der Waals surface area contributed by atoms with Crippen molar-refractivity contribution in [3.63, 3.8) is 0 Å². The average Bonchev–Trinajstić information content (AvgIpc) is 2.30. The molecule has 0 aromatic rings. The summed E-state index contributed by atoms with van der Waals surface area (Å²) in [6.07, 6.45) is 0.578. The van der Waals surface area contributed by atoms with E-state index in [2.05, 4.69) is 5.32 Å². The zero-order valence-corrected chi connectivity index (χ0v) is 13.1. The van der Waals surface area contributed by atoms with Gasteiger partial charge in [-0.2, -0.15) is 0 Å². The molecule has 1 amide bonds. The molecular formula is C14H27NO5. The van der Waals surface area contributed by atoms with Crippen LogP contribution >= 0.6 is 0 Å². The molecule has 0 spiro atoms. The molecule has 2 N–H and O–H groups in total. The van der Waals surface area contributed by atoms with Gasteiger partial charge in [0.05, 0.1) is 18.6 Å². The predicted molar refractivity (Wildman–Crippen MR) is 75.7 cm³/mol. The van der Waals surface area contributed by atoms with Crippen LogP contribution in [0.3, 0.4) is 0 Å². The summed E-state index contributed by atoms with van der Waals surface area (Å²) in [6.45, 7) is 9.84. The standard InChI is InChI=1S/C14H27NO5/c1-10(2)19-9-8-15-13(18)20-14(4,5)7-6-11(3)12(16)17/h10-11H,6-9H2,1-5H3,(H,15,18)(H,16,17). The molecule has 0 fully saturated rings. The minimum atomic E-state index is -0.837. The second-order valence-corrected chi connectivity index (χ2v) is 5.77. The monoisotopic (exact) mass is 289 g/mol. The van der Waals surface area contributed by atoms with Gasteiger partial charge in [-0.1, -0.05) is 6.92 Å². The predicted octanol–water partition coefficient (Wildman–Crippen LogP) is 2.42. The third-order valence-electron chi connectivity index (χ3n) is 2.79. The summed E-state index contributed by atoms with van der Waals surface area (Å²) in [5.41, 5.74) is -0.688. The fourth-order valence-corrected chi connectivity index (χ4v) is 1.47. The molecule has 1 atom stereocenters. The number of carboxylic acid groups (broad SMARTS) is 1. The molecule has 0 rings (SSSR count). The first-order valence-electron chi connectivity index (χ1n) is 6.95. The van der Waals surface area contributed by atoms with Gasteiger partial charge in [-0.15, -0.1) is 0 Å². The van der Waals surface area contributed by atoms with Crippen molar-refractivity contribution in [2.45, 2.75) is 59.2 Å². The molecule has 0 radical (unpaired) electrons. The smallest absolute Gasteiger partial charge is 0.407 e. The van der Waals surface area contributed by atoms with Crippen LogP contribution in [0.4, 0.5) is 4.79 Å². The first-order chi connectivity index (χ1) is 9.14. The van der Waals surface area contributed by atoms with Crippen LogP contribution in [0.25, 0.3) is 0 Å². The molecular weight excluding hydrogens is 262 g/mol. The van der Waals surface area contributed by atoms with Gasteiger partial charge in [0.15, 0.2) is 0 Å². The van der Waals surface area contributed by atoms with Crippen molar-refractivity contribution in [3.05, 3.63) is 0 Å². The van der Waals surface area contributed by atoms with E-state index >= 15 is 0 Å². The van der Waals surface area contributed by atoms with Crippen molar-refractivity contribution >= 4 is 12.1 Å². The van der Waals surface area contributed by atoms with Crippen molar-refractivity contribution in [1.29, 1.82) is 0 Å². The van der Waals surface area contributed by atoms with Crippen molar-refractivity contribution in [2.75, 3.05) is 13.2 Å². The van der Waals surface area contributed by atoms with Crippen LogP contribution in [0.1, 0.15) is 47.5 Å². The Balaban J connectivity index is 3.94. The van der Waals surface area contributed by atoms with Crippen LogP contribution in [-0.2, 0) is 14.3 Å². The molecule has 0 aliphatic heterocycles. The molecule has 0 aromatic carbocycles. The van der Waals surface area contributed by atoms with Gasteiger partial charge in [0.1, 0.15) is 5.60 Å². The number of carboxylic acids is 1. The maximum absolute atomic E-state index is 11.6. The van der Waals surface area contributed by atoms with E-state index in [1.165, 1.54) is 0 Å². The molecule has 6 heteroatoms. The van der Waals surface area contributed by atoms with Crippen molar-refractivity contribution < 1.29 is 24.2 Å². The lowest BCUT2D eigenvalue weighted by molar-refractivity contribution is -0.141. The largest absolute Gasteiger partial charge is 0.481 e. The maximum Gasteiger partial charge on any atom is 0.407 e. The summed E-state index contributed by atoms with van der Waals surface area (Å²) in [4.78, 5) is 22.3. The Morgan fingerprint density at radius 1 is 1.25 bits per heavy atom. The SMILES string of the molecule is CC(C)OCCNC(=O)OC(C)(C)CCC(C)C(=O)O. The summed E-state index contributed by atoms with van der Waals surface area (Å²) >= 11 is 0. The molecule has 118 valence electrons. The van der Waals surface area contributed by atoms with Gasteiger partial charge in [-0.25, -0.2) is 4.79 Å². The Kier molecular flexibility index (Phi) is 8.22. The quantitative estimate of drug-likeness (QED) is 0.637. The van der Waals surface area contributed by atoms with E-state index in [4.69, 9.17) is 14.6 Å². The minimum absolute atomic E-state index is 0.127. The number of ether oxygens (including phenoxy) is 2. The second kappa shape index (κ2) is 8.79. The molecule has 6 nitrogen and oxygen atoms in total. The Bertz CT molecular complexity index is 315. The number of alkyl carbamates (subject to hydrolysis) is 1. The highest BCUT2D eigenvalue weighted by Crippen LogP contribution is 2.20. The van der Waals surface area contributed by atoms with E-state index in [9.17, 15) is 9.59 Å². The van der Waals surface area contributed by atoms with E-state index < -0.39 is 23.6 Å². The fourth-order valence-electron chi connectivity index (χ4n) is 1.47. The van der Waals surface area contributed by atoms with Crippen molar-refractivity contribution in [1.82, 2.24) is 5.32 Å². The van der Waals surface area contributed by atoms with Gasteiger partial charge >= 0.3 is 12.1 Å². The second-order valence-electron chi connectivity index (χ2n) is 5.77. The van der Waals surface area contributed by atoms with Crippen LogP contribution in [0.15, 0.2) is 0 Å². The van der Waals surface area contributed by atoms with Crippen molar-refractivity contribution in [3.8, 4) is 0 Å². The third kappa shape index (κ3) is 9.61. The number of nitrogens with one attached hydrogen (secondary N) is 1. The van der Waals surface area contributed by atoms with Gasteiger partial charge in [0, 0.05) is 6.54 Å². The topological polar surface area (TPSA) is 84.9 Å². The lowest BCUT2D eigenvalue weighted by Gasteiger charge is -2.26. The molecule has 0 aliphatic carbocycles. The lowest BCUT2D eigenvalue weighted by atomic mass is 9.96. The van der Waals surface area contributed by atoms with Crippen LogP contribution in [-0.4, -0.2) is 42.0 Å². The van der Waals surface area contributed by atoms with Gasteiger partial charge < -0.3 is 19.9 Å². The lowest BCUT2D eigenvalue weighted by Crippen LogP contribution is -2.36. The number of hydrogen-bond donors (Lipinski definition) is 2. The molecule has 0 saturated carbocycles. The molecule has 0 bridgehead atoms. The van der Waals surface area contributed by atoms with E-state index in [1.54, 1.807) is 20.8 Å². The van der Waals surface area contributed by atoms with E-state index in [-0.39, 0.29) is 6.10 Å².